The Morgan fingerprint density at radius 1 is 1.14 bits per heavy atom. The first-order valence-electron chi connectivity index (χ1n) is 9.27. The standard InChI is InChI=1S/C22H20ClN3O2/c23-16-4-1-3-15(11-16)20-12-21(18-5-2-6-19(18)26-20)25-17-9-7-14(8-10-17)22(27)13-24-28/h1,3-4,7-12,22,27H,2,5-6,13H2,(H,25,26). The van der Waals surface area contributed by atoms with Crippen LogP contribution in [0, 0.1) is 4.91 Å². The Hall–Kier alpha value is -2.76. The number of hydrogen-bond donors (Lipinski definition) is 2. The first-order chi connectivity index (χ1) is 13.6. The molecule has 1 unspecified atom stereocenters. The lowest BCUT2D eigenvalue weighted by Crippen LogP contribution is -2.02. The van der Waals surface area contributed by atoms with Gasteiger partial charge in [-0.25, -0.2) is 0 Å². The Balaban J connectivity index is 1.65. The molecule has 0 aliphatic heterocycles. The number of aliphatic hydroxyl groups excluding tert-OH is 1. The summed E-state index contributed by atoms with van der Waals surface area (Å²) in [6.45, 7) is -0.145. The summed E-state index contributed by atoms with van der Waals surface area (Å²) in [7, 11) is 0. The number of aliphatic hydroxyl groups is 1. The van der Waals surface area contributed by atoms with Gasteiger partial charge in [-0.2, -0.15) is 4.91 Å². The highest BCUT2D eigenvalue weighted by Gasteiger charge is 2.19. The van der Waals surface area contributed by atoms with E-state index in [1.807, 2.05) is 36.4 Å². The highest BCUT2D eigenvalue weighted by atomic mass is 35.5. The van der Waals surface area contributed by atoms with E-state index in [0.29, 0.717) is 10.6 Å². The van der Waals surface area contributed by atoms with Crippen LogP contribution in [0.3, 0.4) is 0 Å². The maximum Gasteiger partial charge on any atom is 0.111 e. The van der Waals surface area contributed by atoms with Gasteiger partial charge in [0, 0.05) is 27.7 Å². The summed E-state index contributed by atoms with van der Waals surface area (Å²) in [5, 5.41) is 16.8. The summed E-state index contributed by atoms with van der Waals surface area (Å²) >= 11 is 6.15. The number of pyridine rings is 1. The van der Waals surface area contributed by atoms with Crippen LogP contribution < -0.4 is 5.32 Å². The zero-order valence-corrected chi connectivity index (χ0v) is 16.0. The lowest BCUT2D eigenvalue weighted by Gasteiger charge is -2.15. The normalized spacial score (nSPS) is 13.8. The van der Waals surface area contributed by atoms with Crippen LogP contribution in [0.15, 0.2) is 59.8 Å². The monoisotopic (exact) mass is 393 g/mol. The van der Waals surface area contributed by atoms with E-state index in [0.717, 1.165) is 47.6 Å². The predicted octanol–water partition coefficient (Wildman–Crippen LogP) is 5.43. The van der Waals surface area contributed by atoms with Gasteiger partial charge in [-0.3, -0.25) is 4.98 Å². The van der Waals surface area contributed by atoms with Crippen molar-refractivity contribution >= 4 is 23.0 Å². The number of anilines is 2. The fraction of sp³-hybridized carbons (Fsp3) is 0.227. The van der Waals surface area contributed by atoms with Crippen LogP contribution in [-0.4, -0.2) is 16.6 Å². The van der Waals surface area contributed by atoms with Crippen molar-refractivity contribution in [2.45, 2.75) is 25.4 Å². The summed E-state index contributed by atoms with van der Waals surface area (Å²) in [4.78, 5) is 15.2. The van der Waals surface area contributed by atoms with E-state index in [1.165, 1.54) is 5.56 Å². The molecular weight excluding hydrogens is 374 g/mol. The molecule has 4 rings (SSSR count). The summed E-state index contributed by atoms with van der Waals surface area (Å²) in [6.07, 6.45) is 2.20. The minimum Gasteiger partial charge on any atom is -0.386 e. The Bertz CT molecular complexity index is 1010. The van der Waals surface area contributed by atoms with Crippen molar-refractivity contribution in [3.8, 4) is 11.3 Å². The molecule has 6 heteroatoms. The van der Waals surface area contributed by atoms with Crippen molar-refractivity contribution in [1.29, 1.82) is 0 Å². The van der Waals surface area contributed by atoms with Crippen LogP contribution >= 0.6 is 11.6 Å². The van der Waals surface area contributed by atoms with Crippen LogP contribution in [0.1, 0.15) is 29.3 Å². The highest BCUT2D eigenvalue weighted by molar-refractivity contribution is 6.30. The van der Waals surface area contributed by atoms with E-state index in [2.05, 4.69) is 16.6 Å². The Morgan fingerprint density at radius 2 is 1.96 bits per heavy atom. The van der Waals surface area contributed by atoms with Crippen LogP contribution in [0.25, 0.3) is 11.3 Å². The number of rotatable bonds is 6. The van der Waals surface area contributed by atoms with Crippen molar-refractivity contribution in [3.05, 3.63) is 81.3 Å². The van der Waals surface area contributed by atoms with Crippen LogP contribution in [0.5, 0.6) is 0 Å². The van der Waals surface area contributed by atoms with Gasteiger partial charge in [-0.15, -0.1) is 0 Å². The molecule has 0 bridgehead atoms. The number of halogens is 1. The van der Waals surface area contributed by atoms with Crippen molar-refractivity contribution in [2.24, 2.45) is 5.18 Å². The van der Waals surface area contributed by atoms with Gasteiger partial charge in [0.2, 0.25) is 0 Å². The molecule has 1 aromatic heterocycles. The third-order valence-corrected chi connectivity index (χ3v) is 5.23. The van der Waals surface area contributed by atoms with Gasteiger partial charge in [0.05, 0.1) is 5.69 Å². The molecule has 1 atom stereocenters. The molecule has 0 saturated carbocycles. The highest BCUT2D eigenvalue weighted by Crippen LogP contribution is 2.34. The van der Waals surface area contributed by atoms with E-state index < -0.39 is 6.10 Å². The van der Waals surface area contributed by atoms with Crippen molar-refractivity contribution in [3.63, 3.8) is 0 Å². The van der Waals surface area contributed by atoms with E-state index in [4.69, 9.17) is 16.6 Å². The lowest BCUT2D eigenvalue weighted by molar-refractivity contribution is 0.187. The molecule has 0 saturated heterocycles. The van der Waals surface area contributed by atoms with Gasteiger partial charge in [-0.1, -0.05) is 41.0 Å². The van der Waals surface area contributed by atoms with Crippen LogP contribution in [0.4, 0.5) is 11.4 Å². The quantitative estimate of drug-likeness (QED) is 0.547. The molecule has 1 heterocycles. The van der Waals surface area contributed by atoms with E-state index >= 15 is 0 Å². The smallest absolute Gasteiger partial charge is 0.111 e. The fourth-order valence-corrected chi connectivity index (χ4v) is 3.76. The average Bonchev–Trinajstić information content (AvgIpc) is 3.18. The molecule has 0 fully saturated rings. The third-order valence-electron chi connectivity index (χ3n) is 4.99. The second kappa shape index (κ2) is 8.09. The number of benzene rings is 2. The molecule has 5 nitrogen and oxygen atoms in total. The van der Waals surface area contributed by atoms with Crippen LogP contribution in [-0.2, 0) is 12.8 Å². The van der Waals surface area contributed by atoms with Crippen molar-refractivity contribution in [2.75, 3.05) is 11.9 Å². The number of fused-ring (bicyclic) bond motifs is 1. The summed E-state index contributed by atoms with van der Waals surface area (Å²) in [5.41, 5.74) is 6.89. The third kappa shape index (κ3) is 3.91. The maximum atomic E-state index is 10.3. The van der Waals surface area contributed by atoms with Gasteiger partial charge < -0.3 is 10.4 Å². The van der Waals surface area contributed by atoms with Gasteiger partial charge in [0.25, 0.3) is 0 Å². The number of aryl methyl sites for hydroxylation is 1. The molecule has 142 valence electrons. The fourth-order valence-electron chi connectivity index (χ4n) is 3.57. The summed E-state index contributed by atoms with van der Waals surface area (Å²) in [6, 6.07) is 17.2. The molecule has 1 aliphatic carbocycles. The Labute approximate surface area is 168 Å². The topological polar surface area (TPSA) is 74.6 Å². The number of hydrogen-bond acceptors (Lipinski definition) is 5. The number of nitrogens with one attached hydrogen (secondary N) is 1. The van der Waals surface area contributed by atoms with Crippen molar-refractivity contribution in [1.82, 2.24) is 4.98 Å². The van der Waals surface area contributed by atoms with Gasteiger partial charge in [0.1, 0.15) is 12.6 Å². The molecule has 1 aliphatic rings. The molecule has 0 amide bonds. The zero-order chi connectivity index (χ0) is 19.5. The molecule has 3 aromatic rings. The summed E-state index contributed by atoms with van der Waals surface area (Å²) < 4.78 is 0. The lowest BCUT2D eigenvalue weighted by atomic mass is 10.1. The Kier molecular flexibility index (Phi) is 5.37. The van der Waals surface area contributed by atoms with Gasteiger partial charge >= 0.3 is 0 Å². The van der Waals surface area contributed by atoms with Gasteiger partial charge in [0.15, 0.2) is 0 Å². The first kappa shape index (κ1) is 18.6. The maximum absolute atomic E-state index is 10.3. The summed E-state index contributed by atoms with van der Waals surface area (Å²) in [5.74, 6) is 0. The van der Waals surface area contributed by atoms with E-state index in [1.54, 1.807) is 12.1 Å². The van der Waals surface area contributed by atoms with Crippen molar-refractivity contribution < 1.29 is 5.11 Å². The number of nitrogens with zero attached hydrogens (tertiary/aromatic N) is 2. The zero-order valence-electron chi connectivity index (χ0n) is 15.2. The molecule has 28 heavy (non-hydrogen) atoms. The molecule has 2 aromatic carbocycles. The minimum absolute atomic E-state index is 0.145. The largest absolute Gasteiger partial charge is 0.386 e. The number of aromatic nitrogens is 1. The second-order valence-corrected chi connectivity index (χ2v) is 7.36. The minimum atomic E-state index is -0.869. The molecule has 2 N–H and O–H groups in total. The molecule has 0 spiro atoms. The molecular formula is C22H20ClN3O2. The average molecular weight is 394 g/mol. The Morgan fingerprint density at radius 3 is 2.71 bits per heavy atom. The van der Waals surface area contributed by atoms with E-state index in [-0.39, 0.29) is 6.54 Å². The van der Waals surface area contributed by atoms with E-state index in [9.17, 15) is 10.0 Å². The van der Waals surface area contributed by atoms with Crippen LogP contribution in [0.2, 0.25) is 5.02 Å². The second-order valence-electron chi connectivity index (χ2n) is 6.92. The number of nitroso groups, excluding NO2 is 1. The SMILES string of the molecule is O=NCC(O)c1ccc(Nc2cc(-c3cccc(Cl)c3)nc3c2CCC3)cc1. The van der Waals surface area contributed by atoms with Gasteiger partial charge in [-0.05, 0) is 60.7 Å². The molecule has 0 radical (unpaired) electrons. The predicted molar refractivity (Wildman–Crippen MR) is 112 cm³/mol. The first-order valence-corrected chi connectivity index (χ1v) is 9.65.